The predicted molar refractivity (Wildman–Crippen MR) is 179 cm³/mol. The molecule has 0 radical (unpaired) electrons. The van der Waals surface area contributed by atoms with Crippen LogP contribution in [0.25, 0.3) is 0 Å². The van der Waals surface area contributed by atoms with E-state index in [2.05, 4.69) is 38.2 Å². The van der Waals surface area contributed by atoms with Crippen molar-refractivity contribution in [1.29, 1.82) is 0 Å². The summed E-state index contributed by atoms with van der Waals surface area (Å²) in [5.74, 6) is 0.228. The lowest BCUT2D eigenvalue weighted by atomic mass is 10.1. The normalized spacial score (nSPS) is 11.4. The number of nitrogens with zero attached hydrogens (tertiary/aromatic N) is 1. The SMILES string of the molecule is CCCCCCCCCCCC(=O)NCCCN(C)C.CCCCCCCCCCCCOS(=O)(=O)c1ccccc1. The lowest BCUT2D eigenvalue weighted by molar-refractivity contribution is -0.121. The first-order valence-corrected chi connectivity index (χ1v) is 18.6. The second-order valence-electron chi connectivity index (χ2n) is 11.9. The molecule has 6 nitrogen and oxygen atoms in total. The lowest BCUT2D eigenvalue weighted by Crippen LogP contribution is -2.26. The molecule has 0 atom stereocenters. The Morgan fingerprint density at radius 3 is 1.60 bits per heavy atom. The number of unbranched alkanes of at least 4 members (excludes halogenated alkanes) is 17. The van der Waals surface area contributed by atoms with E-state index in [0.717, 1.165) is 38.8 Å². The van der Waals surface area contributed by atoms with Gasteiger partial charge in [-0.15, -0.1) is 0 Å². The molecule has 0 aliphatic rings. The highest BCUT2D eigenvalue weighted by atomic mass is 32.2. The average Bonchev–Trinajstić information content (AvgIpc) is 2.98. The topological polar surface area (TPSA) is 75.7 Å². The van der Waals surface area contributed by atoms with Crippen LogP contribution in [0, 0.1) is 0 Å². The maximum atomic E-state index is 11.9. The highest BCUT2D eigenvalue weighted by Gasteiger charge is 2.13. The van der Waals surface area contributed by atoms with E-state index in [1.165, 1.54) is 103 Å². The van der Waals surface area contributed by atoms with Gasteiger partial charge in [0.15, 0.2) is 0 Å². The Labute approximate surface area is 260 Å². The Balaban J connectivity index is 0.000000805. The number of hydrogen-bond donors (Lipinski definition) is 1. The third-order valence-corrected chi connectivity index (χ3v) is 8.71. The van der Waals surface area contributed by atoms with Gasteiger partial charge in [0.25, 0.3) is 10.1 Å². The van der Waals surface area contributed by atoms with Gasteiger partial charge in [0.1, 0.15) is 0 Å². The Morgan fingerprint density at radius 1 is 0.667 bits per heavy atom. The van der Waals surface area contributed by atoms with E-state index in [0.29, 0.717) is 6.42 Å². The van der Waals surface area contributed by atoms with Crippen molar-refractivity contribution in [2.24, 2.45) is 0 Å². The number of nitrogens with one attached hydrogen (secondary N) is 1. The van der Waals surface area contributed by atoms with Crippen LogP contribution >= 0.6 is 0 Å². The first-order chi connectivity index (χ1) is 20.3. The summed E-state index contributed by atoms with van der Waals surface area (Å²) in [6.07, 6.45) is 25.8. The van der Waals surface area contributed by atoms with Crippen molar-refractivity contribution < 1.29 is 17.4 Å². The van der Waals surface area contributed by atoms with E-state index in [1.807, 2.05) is 0 Å². The Morgan fingerprint density at radius 2 is 1.12 bits per heavy atom. The number of amides is 1. The van der Waals surface area contributed by atoms with Crippen molar-refractivity contribution in [3.05, 3.63) is 30.3 Å². The van der Waals surface area contributed by atoms with Crippen LogP contribution < -0.4 is 5.32 Å². The summed E-state index contributed by atoms with van der Waals surface area (Å²) < 4.78 is 28.8. The maximum Gasteiger partial charge on any atom is 0.296 e. The van der Waals surface area contributed by atoms with Crippen LogP contribution in [0.15, 0.2) is 35.2 Å². The molecule has 0 spiro atoms. The lowest BCUT2D eigenvalue weighted by Gasteiger charge is -2.09. The van der Waals surface area contributed by atoms with Crippen molar-refractivity contribution in [2.75, 3.05) is 33.8 Å². The van der Waals surface area contributed by atoms with Crippen LogP contribution in [-0.4, -0.2) is 53.0 Å². The van der Waals surface area contributed by atoms with E-state index >= 15 is 0 Å². The quantitative estimate of drug-likeness (QED) is 0.0793. The summed E-state index contributed by atoms with van der Waals surface area (Å²) in [5.41, 5.74) is 0. The van der Waals surface area contributed by atoms with Crippen LogP contribution in [0.2, 0.25) is 0 Å². The van der Waals surface area contributed by atoms with Crippen molar-refractivity contribution >= 4 is 16.0 Å². The number of benzene rings is 1. The maximum absolute atomic E-state index is 11.9. The Kier molecular flexibility index (Phi) is 28.6. The van der Waals surface area contributed by atoms with E-state index < -0.39 is 10.1 Å². The highest BCUT2D eigenvalue weighted by molar-refractivity contribution is 7.86. The van der Waals surface area contributed by atoms with Gasteiger partial charge in [-0.2, -0.15) is 8.42 Å². The second kappa shape index (κ2) is 29.6. The highest BCUT2D eigenvalue weighted by Crippen LogP contribution is 2.14. The summed E-state index contributed by atoms with van der Waals surface area (Å²) in [7, 11) is 0.549. The van der Waals surface area contributed by atoms with Crippen LogP contribution in [0.1, 0.15) is 149 Å². The summed E-state index contributed by atoms with van der Waals surface area (Å²) in [4.78, 5) is 14.0. The molecular formula is C35H66N2O4S. The fraction of sp³-hybridized carbons (Fsp3) is 0.800. The molecule has 0 aliphatic heterocycles. The first-order valence-electron chi connectivity index (χ1n) is 17.2. The Bertz CT molecular complexity index is 816. The molecule has 1 N–H and O–H groups in total. The molecule has 1 aromatic rings. The van der Waals surface area contributed by atoms with Gasteiger partial charge in [-0.05, 0) is 52.0 Å². The van der Waals surface area contributed by atoms with Gasteiger partial charge in [0, 0.05) is 13.0 Å². The summed E-state index contributed by atoms with van der Waals surface area (Å²) >= 11 is 0. The molecule has 0 aliphatic carbocycles. The van der Waals surface area contributed by atoms with Crippen LogP contribution in [0.3, 0.4) is 0 Å². The molecule has 0 fully saturated rings. The van der Waals surface area contributed by atoms with Gasteiger partial charge in [0.2, 0.25) is 5.91 Å². The number of carbonyl (C=O) groups is 1. The number of carbonyl (C=O) groups excluding carboxylic acids is 1. The van der Waals surface area contributed by atoms with Crippen LogP contribution in [-0.2, 0) is 19.1 Å². The molecule has 1 aromatic carbocycles. The molecule has 246 valence electrons. The molecule has 0 saturated carbocycles. The first kappa shape index (κ1) is 40.6. The zero-order chi connectivity index (χ0) is 31.2. The zero-order valence-corrected chi connectivity index (χ0v) is 28.7. The smallest absolute Gasteiger partial charge is 0.296 e. The van der Waals surface area contributed by atoms with E-state index in [-0.39, 0.29) is 17.4 Å². The fourth-order valence-corrected chi connectivity index (χ4v) is 5.68. The molecule has 7 heteroatoms. The van der Waals surface area contributed by atoms with E-state index in [4.69, 9.17) is 4.18 Å². The van der Waals surface area contributed by atoms with Gasteiger partial charge >= 0.3 is 0 Å². The minimum absolute atomic E-state index is 0.228. The van der Waals surface area contributed by atoms with Crippen molar-refractivity contribution in [1.82, 2.24) is 10.2 Å². The molecule has 1 amide bonds. The molecular weight excluding hydrogens is 544 g/mol. The van der Waals surface area contributed by atoms with Gasteiger partial charge in [-0.1, -0.05) is 141 Å². The minimum atomic E-state index is -3.57. The summed E-state index contributed by atoms with van der Waals surface area (Å²) in [5, 5.41) is 3.00. The number of rotatable bonds is 27. The van der Waals surface area contributed by atoms with Crippen molar-refractivity contribution in [2.45, 2.75) is 154 Å². The molecule has 0 aromatic heterocycles. The van der Waals surface area contributed by atoms with Crippen molar-refractivity contribution in [3.63, 3.8) is 0 Å². The third-order valence-electron chi connectivity index (χ3n) is 7.38. The van der Waals surface area contributed by atoms with Crippen molar-refractivity contribution in [3.8, 4) is 0 Å². The molecule has 0 heterocycles. The Hall–Kier alpha value is -1.44. The van der Waals surface area contributed by atoms with Gasteiger partial charge < -0.3 is 10.2 Å². The minimum Gasteiger partial charge on any atom is -0.356 e. The van der Waals surface area contributed by atoms with Crippen LogP contribution in [0.5, 0.6) is 0 Å². The molecule has 1 rings (SSSR count). The van der Waals surface area contributed by atoms with Gasteiger partial charge in [0.05, 0.1) is 11.5 Å². The van der Waals surface area contributed by atoms with E-state index in [1.54, 1.807) is 30.3 Å². The average molecular weight is 611 g/mol. The monoisotopic (exact) mass is 610 g/mol. The zero-order valence-electron chi connectivity index (χ0n) is 27.8. The fourth-order valence-electron chi connectivity index (χ4n) is 4.72. The predicted octanol–water partition coefficient (Wildman–Crippen LogP) is 9.29. The molecule has 0 saturated heterocycles. The third kappa shape index (κ3) is 27.4. The van der Waals surface area contributed by atoms with Gasteiger partial charge in [-0.25, -0.2) is 0 Å². The van der Waals surface area contributed by atoms with Gasteiger partial charge in [-0.3, -0.25) is 8.98 Å². The second-order valence-corrected chi connectivity index (χ2v) is 13.5. The standard InChI is InChI=1S/C18H30O3S.C17H36N2O/c1-2-3-4-5-6-7-8-9-10-14-17-21-22(19,20)18-15-12-11-13-16-18;1-4-5-6-7-8-9-10-11-12-14-17(20)18-15-13-16-19(2)3/h11-13,15-16H,2-10,14,17H2,1H3;4-16H2,1-3H3,(H,18,20). The van der Waals surface area contributed by atoms with Crippen LogP contribution in [0.4, 0.5) is 0 Å². The largest absolute Gasteiger partial charge is 0.356 e. The summed E-state index contributed by atoms with van der Waals surface area (Å²) in [6.45, 7) is 6.63. The summed E-state index contributed by atoms with van der Waals surface area (Å²) in [6, 6.07) is 8.33. The molecule has 0 unspecified atom stereocenters. The molecule has 42 heavy (non-hydrogen) atoms. The van der Waals surface area contributed by atoms with E-state index in [9.17, 15) is 13.2 Å². The molecule has 0 bridgehead atoms. The number of hydrogen-bond acceptors (Lipinski definition) is 5.